The maximum Gasteiger partial charge on any atom is 0.306 e. The van der Waals surface area contributed by atoms with E-state index >= 15 is 0 Å². The van der Waals surface area contributed by atoms with E-state index in [-0.39, 0.29) is 31.6 Å². The fraction of sp³-hybridized carbons (Fsp3) is 0.494. The van der Waals surface area contributed by atoms with Gasteiger partial charge < -0.3 is 14.2 Å². The minimum Gasteiger partial charge on any atom is -0.462 e. The van der Waals surface area contributed by atoms with Crippen LogP contribution in [0.25, 0.3) is 0 Å². The summed E-state index contributed by atoms with van der Waals surface area (Å²) in [5, 5.41) is 0. The minimum atomic E-state index is -0.856. The predicted octanol–water partition coefficient (Wildman–Crippen LogP) is 22.5. The molecule has 1 atom stereocenters. The molecule has 6 heteroatoms. The summed E-state index contributed by atoms with van der Waals surface area (Å²) in [6, 6.07) is 0. The fourth-order valence-electron chi connectivity index (χ4n) is 7.77. The van der Waals surface area contributed by atoms with Crippen LogP contribution in [0.15, 0.2) is 219 Å². The summed E-state index contributed by atoms with van der Waals surface area (Å²) in [4.78, 5) is 38.3. The molecule has 0 bridgehead atoms. The van der Waals surface area contributed by atoms with Crippen molar-refractivity contribution in [3.05, 3.63) is 219 Å². The van der Waals surface area contributed by atoms with E-state index < -0.39 is 12.1 Å². The molecule has 0 saturated carbocycles. The van der Waals surface area contributed by atoms with Crippen molar-refractivity contribution in [1.82, 2.24) is 0 Å². The highest BCUT2D eigenvalue weighted by Gasteiger charge is 2.19. The van der Waals surface area contributed by atoms with Crippen molar-refractivity contribution in [2.24, 2.45) is 0 Å². The second-order valence-electron chi connectivity index (χ2n) is 20.2. The summed E-state index contributed by atoms with van der Waals surface area (Å²) >= 11 is 0. The van der Waals surface area contributed by atoms with E-state index in [2.05, 4.69) is 227 Å². The Morgan fingerprint density at radius 1 is 0.241 bits per heavy atom. The van der Waals surface area contributed by atoms with E-state index in [0.29, 0.717) is 19.3 Å². The molecule has 0 aliphatic heterocycles. The lowest BCUT2D eigenvalue weighted by Gasteiger charge is -2.18. The molecule has 1 unspecified atom stereocenters. The largest absolute Gasteiger partial charge is 0.462 e. The van der Waals surface area contributed by atoms with Crippen LogP contribution >= 0.6 is 0 Å². The Hall–Kier alpha value is -6.27. The van der Waals surface area contributed by atoms with Crippen LogP contribution in [0, 0.1) is 0 Å². The molecule has 0 aromatic carbocycles. The van der Waals surface area contributed by atoms with Gasteiger partial charge in [0, 0.05) is 19.3 Å². The van der Waals surface area contributed by atoms with Crippen molar-refractivity contribution in [3.63, 3.8) is 0 Å². The molecule has 6 nitrogen and oxygen atoms in total. The van der Waals surface area contributed by atoms with Crippen LogP contribution in [0.1, 0.15) is 226 Å². The van der Waals surface area contributed by atoms with Crippen LogP contribution in [0.4, 0.5) is 0 Å². The Kier molecular flexibility index (Phi) is 63.1. The summed E-state index contributed by atoms with van der Waals surface area (Å²) in [6.07, 6.45) is 107. The van der Waals surface area contributed by atoms with Crippen LogP contribution in [-0.4, -0.2) is 37.2 Å². The summed E-state index contributed by atoms with van der Waals surface area (Å²) in [6.45, 7) is 6.17. The zero-order chi connectivity index (χ0) is 59.9. The summed E-state index contributed by atoms with van der Waals surface area (Å²) in [5.74, 6) is -1.09. The summed E-state index contributed by atoms with van der Waals surface area (Å²) < 4.78 is 16.8. The maximum atomic E-state index is 12.9. The number of esters is 3. The molecule has 0 heterocycles. The molecule has 0 radical (unpaired) electrons. The van der Waals surface area contributed by atoms with Crippen LogP contribution in [0.5, 0.6) is 0 Å². The van der Waals surface area contributed by atoms with Gasteiger partial charge in [-0.25, -0.2) is 0 Å². The quantitative estimate of drug-likeness (QED) is 0.0261. The lowest BCUT2D eigenvalue weighted by molar-refractivity contribution is -0.166. The molecule has 0 N–H and O–H groups in total. The summed E-state index contributed by atoms with van der Waals surface area (Å²) in [5.41, 5.74) is 0. The van der Waals surface area contributed by atoms with E-state index in [1.165, 1.54) is 0 Å². The van der Waals surface area contributed by atoms with Crippen LogP contribution in [0.3, 0.4) is 0 Å². The molecule has 0 aliphatic carbocycles. The average molecular weight is 1140 g/mol. The molecule has 0 aromatic rings. The lowest BCUT2D eigenvalue weighted by Crippen LogP contribution is -2.30. The van der Waals surface area contributed by atoms with E-state index in [0.717, 1.165) is 180 Å². The molecule has 83 heavy (non-hydrogen) atoms. The van der Waals surface area contributed by atoms with Gasteiger partial charge in [0.15, 0.2) is 6.10 Å². The Bertz CT molecular complexity index is 2080. The van der Waals surface area contributed by atoms with Crippen molar-refractivity contribution in [2.45, 2.75) is 232 Å². The number of carbonyl (C=O) groups is 3. The first-order valence-electron chi connectivity index (χ1n) is 32.2. The third kappa shape index (κ3) is 66.4. The lowest BCUT2D eigenvalue weighted by atomic mass is 10.1. The summed E-state index contributed by atoms with van der Waals surface area (Å²) in [7, 11) is 0. The van der Waals surface area contributed by atoms with Gasteiger partial charge in [-0.15, -0.1) is 0 Å². The second kappa shape index (κ2) is 68.2. The molecular weight excluding hydrogens is 1020 g/mol. The average Bonchev–Trinajstić information content (AvgIpc) is 3.49. The van der Waals surface area contributed by atoms with Crippen LogP contribution in [-0.2, 0) is 28.6 Å². The van der Waals surface area contributed by atoms with Crippen molar-refractivity contribution >= 4 is 17.9 Å². The van der Waals surface area contributed by atoms with Gasteiger partial charge in [0.05, 0.1) is 0 Å². The smallest absolute Gasteiger partial charge is 0.306 e. The molecule has 458 valence electrons. The monoisotopic (exact) mass is 1130 g/mol. The Morgan fingerprint density at radius 2 is 0.458 bits per heavy atom. The molecule has 0 rings (SSSR count). The SMILES string of the molecule is CC/C=C\C/C=C\C/C=C\C/C=C\C/C=C\C/C=C\C/C=C\C/C=C\CCCCCCC(=O)OCC(COC(=O)CCCCCC/C=C\C/C=C\C/C=C\C/C=C\CC)OC(=O)CC/C=C\C/C=C\C/C=C\C/C=C\C/C=C\C/C=C\CC. The fourth-order valence-corrected chi connectivity index (χ4v) is 7.77. The number of allylic oxidation sites excluding steroid dienone is 36. The Balaban J connectivity index is 4.59. The molecule has 0 amide bonds. The third-order valence-corrected chi connectivity index (χ3v) is 12.5. The van der Waals surface area contributed by atoms with E-state index in [9.17, 15) is 14.4 Å². The van der Waals surface area contributed by atoms with Gasteiger partial charge in [0.2, 0.25) is 0 Å². The van der Waals surface area contributed by atoms with Crippen molar-refractivity contribution < 1.29 is 28.6 Å². The third-order valence-electron chi connectivity index (χ3n) is 12.5. The number of unbranched alkanes of at least 4 members (excludes halogenated alkanes) is 8. The van der Waals surface area contributed by atoms with Gasteiger partial charge in [-0.05, 0) is 161 Å². The Labute approximate surface area is 508 Å². The molecule has 0 aliphatic rings. The zero-order valence-corrected chi connectivity index (χ0v) is 52.4. The van der Waals surface area contributed by atoms with Gasteiger partial charge in [0.1, 0.15) is 13.2 Å². The molecular formula is C77H114O6. The highest BCUT2D eigenvalue weighted by Crippen LogP contribution is 2.11. The van der Waals surface area contributed by atoms with Crippen molar-refractivity contribution in [3.8, 4) is 0 Å². The number of ether oxygens (including phenoxy) is 3. The van der Waals surface area contributed by atoms with E-state index in [1.807, 2.05) is 12.2 Å². The van der Waals surface area contributed by atoms with Gasteiger partial charge in [0.25, 0.3) is 0 Å². The maximum absolute atomic E-state index is 12.9. The van der Waals surface area contributed by atoms with Gasteiger partial charge in [-0.2, -0.15) is 0 Å². The standard InChI is InChI=1S/C77H114O6/c1-4-7-10-13-16-19-22-25-28-31-33-34-35-36-37-38-39-40-41-42-44-46-49-52-55-58-61-64-67-70-76(79)82-73-74(72-81-75(78)69-66-63-60-57-54-51-48-45-30-27-24-21-18-15-12-9-6-3)83-77(80)71-68-65-62-59-56-53-50-47-43-32-29-26-23-20-17-14-11-8-5-2/h7-12,16-21,25-30,33-34,36-37,39-40,42-44,47-49,51-53,56,62,65,74H,4-6,13-15,22-24,31-32,35,38,41,45-46,50,54-55,57-61,63-64,66-73H2,1-3H3/b10-7-,11-8-,12-9-,19-16-,20-17-,21-18-,28-25-,29-26-,30-27-,34-33-,37-36-,40-39-,44-42-,47-43-,51-48-,52-49-,56-53-,65-62-. The zero-order valence-electron chi connectivity index (χ0n) is 52.4. The first-order valence-corrected chi connectivity index (χ1v) is 32.2. The highest BCUT2D eigenvalue weighted by atomic mass is 16.6. The first kappa shape index (κ1) is 76.7. The minimum absolute atomic E-state index is 0.142. The van der Waals surface area contributed by atoms with E-state index in [4.69, 9.17) is 14.2 Å². The van der Waals surface area contributed by atoms with Crippen molar-refractivity contribution in [1.29, 1.82) is 0 Å². The number of carbonyl (C=O) groups excluding carboxylic acids is 3. The van der Waals surface area contributed by atoms with Crippen LogP contribution < -0.4 is 0 Å². The van der Waals surface area contributed by atoms with Crippen molar-refractivity contribution in [2.75, 3.05) is 13.2 Å². The number of hydrogen-bond donors (Lipinski definition) is 0. The van der Waals surface area contributed by atoms with Crippen LogP contribution in [0.2, 0.25) is 0 Å². The number of rotatable bonds is 55. The number of hydrogen-bond acceptors (Lipinski definition) is 6. The first-order chi connectivity index (χ1) is 41.0. The van der Waals surface area contributed by atoms with E-state index in [1.54, 1.807) is 0 Å². The highest BCUT2D eigenvalue weighted by molar-refractivity contribution is 5.71. The predicted molar refractivity (Wildman–Crippen MR) is 361 cm³/mol. The normalized spacial score (nSPS) is 13.6. The van der Waals surface area contributed by atoms with Gasteiger partial charge in [-0.1, -0.05) is 265 Å². The topological polar surface area (TPSA) is 78.9 Å². The molecule has 0 aromatic heterocycles. The molecule has 0 spiro atoms. The van der Waals surface area contributed by atoms with Gasteiger partial charge in [-0.3, -0.25) is 14.4 Å². The molecule has 0 fully saturated rings. The Morgan fingerprint density at radius 3 is 0.711 bits per heavy atom. The second-order valence-corrected chi connectivity index (χ2v) is 20.2. The van der Waals surface area contributed by atoms with Gasteiger partial charge >= 0.3 is 17.9 Å². The molecule has 0 saturated heterocycles.